The zero-order valence-electron chi connectivity index (χ0n) is 9.47. The lowest BCUT2D eigenvalue weighted by atomic mass is 10.2. The van der Waals surface area contributed by atoms with Crippen LogP contribution in [0.15, 0.2) is 38.0 Å². The predicted molar refractivity (Wildman–Crippen MR) is 61.0 cm³/mol. The van der Waals surface area contributed by atoms with E-state index in [1.807, 2.05) is 0 Å². The molecule has 1 nitrogen and oxygen atoms in total. The van der Waals surface area contributed by atoms with Crippen LogP contribution in [0.1, 0.15) is 6.42 Å². The van der Waals surface area contributed by atoms with Crippen molar-refractivity contribution in [3.8, 4) is 0 Å². The molecule has 0 aromatic carbocycles. The van der Waals surface area contributed by atoms with Gasteiger partial charge in [-0.05, 0) is 18.2 Å². The van der Waals surface area contributed by atoms with E-state index in [0.29, 0.717) is 19.6 Å². The van der Waals surface area contributed by atoms with E-state index in [-0.39, 0.29) is 11.0 Å². The summed E-state index contributed by atoms with van der Waals surface area (Å²) in [7, 11) is 0. The molecular formula is C12H19F3N+. The highest BCUT2D eigenvalue weighted by Crippen LogP contribution is 2.22. The summed E-state index contributed by atoms with van der Waals surface area (Å²) in [6.07, 6.45) is 0.0195. The zero-order valence-corrected chi connectivity index (χ0v) is 9.47. The molecule has 0 radical (unpaired) electrons. The van der Waals surface area contributed by atoms with Crippen LogP contribution in [0.3, 0.4) is 0 Å². The quantitative estimate of drug-likeness (QED) is 0.446. The van der Waals surface area contributed by atoms with Gasteiger partial charge in [0.15, 0.2) is 0 Å². The predicted octanol–water partition coefficient (Wildman–Crippen LogP) is 3.31. The van der Waals surface area contributed by atoms with E-state index < -0.39 is 12.6 Å². The van der Waals surface area contributed by atoms with Crippen LogP contribution in [0, 0.1) is 0 Å². The molecule has 0 fully saturated rings. The Hall–Kier alpha value is -1.03. The number of hydrogen-bond donors (Lipinski definition) is 0. The number of rotatable bonds is 8. The van der Waals surface area contributed by atoms with Gasteiger partial charge in [0.25, 0.3) is 0 Å². The molecule has 0 unspecified atom stereocenters. The van der Waals surface area contributed by atoms with Gasteiger partial charge in [-0.2, -0.15) is 13.2 Å². The molecule has 0 saturated heterocycles. The summed E-state index contributed by atoms with van der Waals surface area (Å²) in [5, 5.41) is 0. The van der Waals surface area contributed by atoms with E-state index in [9.17, 15) is 13.2 Å². The third kappa shape index (κ3) is 5.75. The highest BCUT2D eigenvalue weighted by molar-refractivity contribution is 4.76. The lowest BCUT2D eigenvalue weighted by Crippen LogP contribution is -2.50. The van der Waals surface area contributed by atoms with Crippen molar-refractivity contribution >= 4 is 0 Å². The molecular weight excluding hydrogens is 215 g/mol. The van der Waals surface area contributed by atoms with Gasteiger partial charge in [-0.15, -0.1) is 0 Å². The van der Waals surface area contributed by atoms with Gasteiger partial charge in [0.05, 0.1) is 32.6 Å². The van der Waals surface area contributed by atoms with Gasteiger partial charge < -0.3 is 4.48 Å². The average Bonchev–Trinajstić information content (AvgIpc) is 2.15. The van der Waals surface area contributed by atoms with Crippen molar-refractivity contribution in [2.45, 2.75) is 12.6 Å². The third-order valence-corrected chi connectivity index (χ3v) is 2.42. The van der Waals surface area contributed by atoms with Crippen LogP contribution in [0.4, 0.5) is 13.2 Å². The van der Waals surface area contributed by atoms with Gasteiger partial charge in [-0.1, -0.05) is 19.7 Å². The Balaban J connectivity index is 4.64. The number of nitrogens with zero attached hydrogens (tertiary/aromatic N) is 1. The monoisotopic (exact) mass is 234 g/mol. The molecule has 0 amide bonds. The Bertz CT molecular complexity index is 217. The molecule has 0 aliphatic carbocycles. The standard InChI is InChI=1S/C12H19F3N/c1-4-8-16(9-5-2,10-6-3)11-7-12(13,14)15/h4-6H,1-3,7-11H2/q+1. The molecule has 0 atom stereocenters. The Morgan fingerprint density at radius 1 is 0.875 bits per heavy atom. The smallest absolute Gasteiger partial charge is 0.314 e. The van der Waals surface area contributed by atoms with Gasteiger partial charge in [0.2, 0.25) is 0 Å². The second kappa shape index (κ2) is 6.53. The highest BCUT2D eigenvalue weighted by atomic mass is 19.4. The van der Waals surface area contributed by atoms with E-state index in [1.165, 1.54) is 0 Å². The molecule has 0 aliphatic heterocycles. The summed E-state index contributed by atoms with van der Waals surface area (Å²) in [4.78, 5) is 0. The fraction of sp³-hybridized carbons (Fsp3) is 0.500. The van der Waals surface area contributed by atoms with Gasteiger partial charge in [0, 0.05) is 0 Å². The van der Waals surface area contributed by atoms with Crippen molar-refractivity contribution < 1.29 is 17.7 Å². The Kier molecular flexibility index (Phi) is 6.11. The van der Waals surface area contributed by atoms with Crippen LogP contribution < -0.4 is 0 Å². The van der Waals surface area contributed by atoms with Crippen molar-refractivity contribution in [3.05, 3.63) is 38.0 Å². The molecule has 4 heteroatoms. The Morgan fingerprint density at radius 2 is 1.25 bits per heavy atom. The van der Waals surface area contributed by atoms with Gasteiger partial charge in [-0.25, -0.2) is 0 Å². The third-order valence-electron chi connectivity index (χ3n) is 2.42. The molecule has 92 valence electrons. The van der Waals surface area contributed by atoms with E-state index in [4.69, 9.17) is 0 Å². The van der Waals surface area contributed by atoms with Crippen molar-refractivity contribution in [1.29, 1.82) is 0 Å². The molecule has 0 aromatic heterocycles. The van der Waals surface area contributed by atoms with E-state index in [2.05, 4.69) is 19.7 Å². The molecule has 0 aliphatic rings. The van der Waals surface area contributed by atoms with Crippen LogP contribution >= 0.6 is 0 Å². The van der Waals surface area contributed by atoms with E-state index in [0.717, 1.165) is 0 Å². The zero-order chi connectivity index (χ0) is 12.7. The molecule has 16 heavy (non-hydrogen) atoms. The SMILES string of the molecule is C=CC[N+](CC=C)(CC=C)CCC(F)(F)F. The Morgan fingerprint density at radius 3 is 1.50 bits per heavy atom. The van der Waals surface area contributed by atoms with Crippen LogP contribution in [0.25, 0.3) is 0 Å². The molecule has 0 saturated carbocycles. The lowest BCUT2D eigenvalue weighted by Gasteiger charge is -2.36. The van der Waals surface area contributed by atoms with E-state index in [1.54, 1.807) is 18.2 Å². The lowest BCUT2D eigenvalue weighted by molar-refractivity contribution is -0.913. The Labute approximate surface area is 95.2 Å². The van der Waals surface area contributed by atoms with Gasteiger partial charge in [-0.3, -0.25) is 0 Å². The molecule has 0 rings (SSSR count). The molecule has 0 aromatic rings. The highest BCUT2D eigenvalue weighted by Gasteiger charge is 2.33. The molecule has 0 bridgehead atoms. The summed E-state index contributed by atoms with van der Waals surface area (Å²) in [6.45, 7) is 12.3. The van der Waals surface area contributed by atoms with Crippen LogP contribution in [0.2, 0.25) is 0 Å². The summed E-state index contributed by atoms with van der Waals surface area (Å²) in [5.74, 6) is 0. The van der Waals surface area contributed by atoms with Crippen LogP contribution in [-0.4, -0.2) is 36.8 Å². The maximum atomic E-state index is 12.2. The normalized spacial score (nSPS) is 12.2. The summed E-state index contributed by atoms with van der Waals surface area (Å²) < 4.78 is 36.9. The fourth-order valence-electron chi connectivity index (χ4n) is 1.68. The van der Waals surface area contributed by atoms with Crippen molar-refractivity contribution in [2.24, 2.45) is 0 Å². The minimum absolute atomic E-state index is 0.0353. The number of hydrogen-bond acceptors (Lipinski definition) is 0. The van der Waals surface area contributed by atoms with Crippen LogP contribution in [0.5, 0.6) is 0 Å². The maximum absolute atomic E-state index is 12.2. The average molecular weight is 234 g/mol. The second-order valence-electron chi connectivity index (χ2n) is 3.84. The number of halogens is 3. The van der Waals surface area contributed by atoms with Gasteiger partial charge in [0.1, 0.15) is 0 Å². The summed E-state index contributed by atoms with van der Waals surface area (Å²) in [5.41, 5.74) is 0. The molecule has 0 spiro atoms. The topological polar surface area (TPSA) is 0 Å². The fourth-order valence-corrected chi connectivity index (χ4v) is 1.68. The molecule has 0 heterocycles. The summed E-state index contributed by atoms with van der Waals surface area (Å²) in [6, 6.07) is 0. The van der Waals surface area contributed by atoms with E-state index >= 15 is 0 Å². The van der Waals surface area contributed by atoms with Crippen molar-refractivity contribution in [3.63, 3.8) is 0 Å². The molecule has 0 N–H and O–H groups in total. The number of alkyl halides is 3. The minimum atomic E-state index is -4.12. The first-order valence-electron chi connectivity index (χ1n) is 5.13. The second-order valence-corrected chi connectivity index (χ2v) is 3.84. The van der Waals surface area contributed by atoms with Crippen molar-refractivity contribution in [1.82, 2.24) is 0 Å². The first kappa shape index (κ1) is 15.0. The van der Waals surface area contributed by atoms with Crippen LogP contribution in [-0.2, 0) is 0 Å². The van der Waals surface area contributed by atoms with Crippen molar-refractivity contribution in [2.75, 3.05) is 26.2 Å². The van der Waals surface area contributed by atoms with Gasteiger partial charge >= 0.3 is 6.18 Å². The maximum Gasteiger partial charge on any atom is 0.394 e. The number of quaternary nitrogens is 1. The largest absolute Gasteiger partial charge is 0.394 e. The first-order chi connectivity index (χ1) is 7.39. The summed E-state index contributed by atoms with van der Waals surface area (Å²) >= 11 is 0. The minimum Gasteiger partial charge on any atom is -0.314 e. The first-order valence-corrected chi connectivity index (χ1v) is 5.13.